The molecule has 0 aromatic carbocycles. The molecular formula is C9H6F3N3O3. The molecule has 0 aliphatic carbocycles. The van der Waals surface area contributed by atoms with E-state index < -0.39 is 23.0 Å². The van der Waals surface area contributed by atoms with Crippen molar-refractivity contribution >= 4 is 5.82 Å². The summed E-state index contributed by atoms with van der Waals surface area (Å²) >= 11 is 0. The number of aryl methyl sites for hydroxylation is 1. The minimum atomic E-state index is -4.98. The van der Waals surface area contributed by atoms with Crippen LogP contribution >= 0.6 is 0 Å². The molecule has 0 atom stereocenters. The van der Waals surface area contributed by atoms with Gasteiger partial charge in [-0.25, -0.2) is 0 Å². The zero-order chi connectivity index (χ0) is 13.9. The molecule has 0 bridgehead atoms. The third-order valence-electron chi connectivity index (χ3n) is 1.88. The highest BCUT2D eigenvalue weighted by molar-refractivity contribution is 5.42. The molecule has 1 aromatic heterocycles. The molecule has 0 radical (unpaired) electrons. The van der Waals surface area contributed by atoms with Crippen molar-refractivity contribution < 1.29 is 22.8 Å². The molecule has 0 spiro atoms. The van der Waals surface area contributed by atoms with E-state index in [4.69, 9.17) is 5.26 Å². The van der Waals surface area contributed by atoms with Gasteiger partial charge in [-0.3, -0.25) is 0 Å². The highest BCUT2D eigenvalue weighted by atomic mass is 19.4. The van der Waals surface area contributed by atoms with Crippen LogP contribution in [0.25, 0.3) is 0 Å². The maximum Gasteiger partial charge on any atom is 0.575 e. The zero-order valence-electron chi connectivity index (χ0n) is 8.98. The summed E-state index contributed by atoms with van der Waals surface area (Å²) in [5.74, 6) is -1.71. The van der Waals surface area contributed by atoms with E-state index >= 15 is 0 Å². The minimum Gasteiger partial charge on any atom is -0.366 e. The Morgan fingerprint density at radius 3 is 2.67 bits per heavy atom. The molecule has 1 aromatic rings. The van der Waals surface area contributed by atoms with Crippen molar-refractivity contribution in [3.8, 4) is 11.9 Å². The van der Waals surface area contributed by atoms with Gasteiger partial charge in [0.25, 0.3) is 0 Å². The molecule has 0 aliphatic rings. The van der Waals surface area contributed by atoms with Crippen LogP contribution in [-0.4, -0.2) is 16.3 Å². The van der Waals surface area contributed by atoms with Crippen LogP contribution in [0, 0.1) is 28.4 Å². The summed E-state index contributed by atoms with van der Waals surface area (Å²) < 4.78 is 39.6. The van der Waals surface area contributed by atoms with Crippen molar-refractivity contribution in [3.63, 3.8) is 0 Å². The van der Waals surface area contributed by atoms with Crippen molar-refractivity contribution in [2.24, 2.45) is 0 Å². The maximum atomic E-state index is 12.0. The number of ether oxygens (including phenoxy) is 1. The Hall–Kier alpha value is -2.37. The number of rotatable bonds is 3. The van der Waals surface area contributed by atoms with Crippen LogP contribution in [-0.2, 0) is 6.42 Å². The molecule has 0 N–H and O–H groups in total. The van der Waals surface area contributed by atoms with Crippen LogP contribution in [0.4, 0.5) is 19.0 Å². The Bertz CT molecular complexity index is 522. The van der Waals surface area contributed by atoms with Crippen LogP contribution < -0.4 is 4.74 Å². The minimum absolute atomic E-state index is 0.0387. The van der Waals surface area contributed by atoms with Gasteiger partial charge in [0.2, 0.25) is 0 Å². The van der Waals surface area contributed by atoms with Gasteiger partial charge in [-0.05, 0) is 17.9 Å². The first-order chi connectivity index (χ1) is 8.24. The second-order valence-corrected chi connectivity index (χ2v) is 3.23. The Kier molecular flexibility index (Phi) is 3.70. The average molecular weight is 261 g/mol. The van der Waals surface area contributed by atoms with Crippen molar-refractivity contribution in [1.82, 2.24) is 4.98 Å². The van der Waals surface area contributed by atoms with Gasteiger partial charge in [-0.15, -0.1) is 13.2 Å². The highest BCUT2D eigenvalue weighted by Gasteiger charge is 2.35. The summed E-state index contributed by atoms with van der Waals surface area (Å²) in [6.07, 6.45) is -5.31. The van der Waals surface area contributed by atoms with E-state index in [-0.39, 0.29) is 17.5 Å². The zero-order valence-corrected chi connectivity index (χ0v) is 8.98. The summed E-state index contributed by atoms with van der Waals surface area (Å²) in [5.41, 5.74) is -0.0994. The number of pyridine rings is 1. The quantitative estimate of drug-likeness (QED) is 0.615. The molecule has 0 amide bonds. The SMILES string of the molecule is Cc1cc(CC#N)c([N+](=O)[O-])nc1OC(F)(F)F. The average Bonchev–Trinajstić information content (AvgIpc) is 2.20. The second-order valence-electron chi connectivity index (χ2n) is 3.23. The Balaban J connectivity index is 3.28. The lowest BCUT2D eigenvalue weighted by Gasteiger charge is -2.08. The summed E-state index contributed by atoms with van der Waals surface area (Å²) in [6, 6.07) is 2.75. The van der Waals surface area contributed by atoms with Gasteiger partial charge in [0, 0.05) is 10.5 Å². The fourth-order valence-corrected chi connectivity index (χ4v) is 1.23. The topological polar surface area (TPSA) is 89.0 Å². The summed E-state index contributed by atoms with van der Waals surface area (Å²) in [6.45, 7) is 1.25. The van der Waals surface area contributed by atoms with Gasteiger partial charge in [-0.2, -0.15) is 5.26 Å². The molecule has 0 saturated carbocycles. The normalized spacial score (nSPS) is 10.8. The molecule has 0 aliphatic heterocycles. The maximum absolute atomic E-state index is 12.0. The van der Waals surface area contributed by atoms with Crippen LogP contribution in [0.5, 0.6) is 5.88 Å². The fourth-order valence-electron chi connectivity index (χ4n) is 1.23. The van der Waals surface area contributed by atoms with Crippen molar-refractivity contribution in [2.75, 3.05) is 0 Å². The molecular weight excluding hydrogens is 255 g/mol. The highest BCUT2D eigenvalue weighted by Crippen LogP contribution is 2.28. The Morgan fingerprint density at radius 2 is 2.22 bits per heavy atom. The first-order valence-electron chi connectivity index (χ1n) is 4.52. The van der Waals surface area contributed by atoms with Crippen LogP contribution in [0.1, 0.15) is 11.1 Å². The van der Waals surface area contributed by atoms with E-state index in [1.807, 2.05) is 0 Å². The first-order valence-corrected chi connectivity index (χ1v) is 4.52. The number of halogens is 3. The lowest BCUT2D eigenvalue weighted by Crippen LogP contribution is -2.19. The molecule has 96 valence electrons. The summed E-state index contributed by atoms with van der Waals surface area (Å²) in [7, 11) is 0. The van der Waals surface area contributed by atoms with E-state index in [1.165, 1.54) is 6.92 Å². The largest absolute Gasteiger partial charge is 0.575 e. The molecule has 0 fully saturated rings. The fraction of sp³-hybridized carbons (Fsp3) is 0.333. The number of nitrogens with zero attached hydrogens (tertiary/aromatic N) is 3. The van der Waals surface area contributed by atoms with Gasteiger partial charge in [0.15, 0.2) is 0 Å². The summed E-state index contributed by atoms with van der Waals surface area (Å²) in [5, 5.41) is 19.1. The van der Waals surface area contributed by atoms with E-state index in [0.29, 0.717) is 0 Å². The molecule has 9 heteroatoms. The van der Waals surface area contributed by atoms with E-state index in [9.17, 15) is 23.3 Å². The molecule has 6 nitrogen and oxygen atoms in total. The van der Waals surface area contributed by atoms with Gasteiger partial charge < -0.3 is 14.9 Å². The van der Waals surface area contributed by atoms with Crippen molar-refractivity contribution in [2.45, 2.75) is 19.7 Å². The molecule has 1 heterocycles. The Labute approximate surface area is 98.8 Å². The second kappa shape index (κ2) is 4.87. The molecule has 0 unspecified atom stereocenters. The number of nitro groups is 1. The number of alkyl halides is 3. The Morgan fingerprint density at radius 1 is 1.61 bits per heavy atom. The van der Waals surface area contributed by atoms with Crippen molar-refractivity contribution in [3.05, 3.63) is 27.3 Å². The number of hydrogen-bond donors (Lipinski definition) is 0. The number of nitriles is 1. The van der Waals surface area contributed by atoms with Crippen LogP contribution in [0.15, 0.2) is 6.07 Å². The van der Waals surface area contributed by atoms with Crippen molar-refractivity contribution in [1.29, 1.82) is 5.26 Å². The lowest BCUT2D eigenvalue weighted by atomic mass is 10.1. The summed E-state index contributed by atoms with van der Waals surface area (Å²) in [4.78, 5) is 12.8. The lowest BCUT2D eigenvalue weighted by molar-refractivity contribution is -0.390. The number of aromatic nitrogens is 1. The predicted octanol–water partition coefficient (Wildman–Crippen LogP) is 2.26. The molecule has 18 heavy (non-hydrogen) atoms. The van der Waals surface area contributed by atoms with Crippen LogP contribution in [0.2, 0.25) is 0 Å². The smallest absolute Gasteiger partial charge is 0.366 e. The van der Waals surface area contributed by atoms with Gasteiger partial charge in [0.1, 0.15) is 0 Å². The number of hydrogen-bond acceptors (Lipinski definition) is 5. The van der Waals surface area contributed by atoms with Gasteiger partial charge in [0.05, 0.1) is 18.1 Å². The van der Waals surface area contributed by atoms with Crippen LogP contribution in [0.3, 0.4) is 0 Å². The molecule has 0 saturated heterocycles. The van der Waals surface area contributed by atoms with E-state index in [0.717, 1.165) is 6.07 Å². The predicted molar refractivity (Wildman–Crippen MR) is 51.6 cm³/mol. The third-order valence-corrected chi connectivity index (χ3v) is 1.88. The first kappa shape index (κ1) is 13.7. The third kappa shape index (κ3) is 3.31. The van der Waals surface area contributed by atoms with Gasteiger partial charge in [-0.1, -0.05) is 0 Å². The van der Waals surface area contributed by atoms with E-state index in [2.05, 4.69) is 9.72 Å². The standard InChI is InChI=1S/C9H6F3N3O3/c1-5-4-6(2-3-13)7(15(16)17)14-8(5)18-9(10,11)12/h4H,2H2,1H3. The molecule has 1 rings (SSSR count). The monoisotopic (exact) mass is 261 g/mol. The van der Waals surface area contributed by atoms with Gasteiger partial charge >= 0.3 is 18.1 Å². The van der Waals surface area contributed by atoms with E-state index in [1.54, 1.807) is 6.07 Å².